The van der Waals surface area contributed by atoms with Crippen molar-refractivity contribution >= 4 is 0 Å². The lowest BCUT2D eigenvalue weighted by Crippen LogP contribution is -2.32. The van der Waals surface area contributed by atoms with Crippen LogP contribution in [0.1, 0.15) is 35.7 Å². The summed E-state index contributed by atoms with van der Waals surface area (Å²) in [5, 5.41) is 4.44. The van der Waals surface area contributed by atoms with E-state index in [4.69, 9.17) is 5.84 Å². The SMILES string of the molecule is CCn1ccnc1C(Cc1c(C)nn(C)c1C)NN. The van der Waals surface area contributed by atoms with Crippen LogP contribution in [0.4, 0.5) is 0 Å². The molecule has 3 N–H and O–H groups in total. The summed E-state index contributed by atoms with van der Waals surface area (Å²) in [5.74, 6) is 6.68. The van der Waals surface area contributed by atoms with Gasteiger partial charge in [0.2, 0.25) is 0 Å². The van der Waals surface area contributed by atoms with Crippen molar-refractivity contribution in [1.29, 1.82) is 0 Å². The molecule has 19 heavy (non-hydrogen) atoms. The summed E-state index contributed by atoms with van der Waals surface area (Å²) in [6.45, 7) is 7.09. The molecule has 0 bridgehead atoms. The smallest absolute Gasteiger partial charge is 0.127 e. The van der Waals surface area contributed by atoms with E-state index in [1.54, 1.807) is 0 Å². The van der Waals surface area contributed by atoms with Crippen molar-refractivity contribution in [1.82, 2.24) is 24.8 Å². The molecular weight excluding hydrogens is 240 g/mol. The maximum absolute atomic E-state index is 5.71. The van der Waals surface area contributed by atoms with Gasteiger partial charge in [-0.2, -0.15) is 5.10 Å². The standard InChI is InChI=1S/C13H22N6/c1-5-19-7-6-15-13(19)12(16-14)8-11-9(2)17-18(4)10(11)3/h6-7,12,16H,5,8,14H2,1-4H3. The molecule has 0 fully saturated rings. The molecule has 1 unspecified atom stereocenters. The van der Waals surface area contributed by atoms with Gasteiger partial charge in [0.25, 0.3) is 0 Å². The first-order valence-electron chi connectivity index (χ1n) is 6.54. The minimum atomic E-state index is -0.00319. The molecule has 0 radical (unpaired) electrons. The van der Waals surface area contributed by atoms with E-state index in [0.717, 1.165) is 24.5 Å². The average Bonchev–Trinajstić information content (AvgIpc) is 2.95. The van der Waals surface area contributed by atoms with Gasteiger partial charge in [-0.1, -0.05) is 0 Å². The van der Waals surface area contributed by atoms with Crippen LogP contribution in [0, 0.1) is 13.8 Å². The zero-order valence-electron chi connectivity index (χ0n) is 12.0. The second-order valence-electron chi connectivity index (χ2n) is 4.77. The summed E-state index contributed by atoms with van der Waals surface area (Å²) in [6.07, 6.45) is 4.58. The molecule has 0 amide bonds. The Kier molecular flexibility index (Phi) is 4.01. The Labute approximate surface area is 113 Å². The maximum atomic E-state index is 5.71. The van der Waals surface area contributed by atoms with Crippen LogP contribution in [-0.4, -0.2) is 19.3 Å². The third kappa shape index (κ3) is 2.54. The van der Waals surface area contributed by atoms with Gasteiger partial charge in [0.05, 0.1) is 11.7 Å². The molecule has 0 saturated carbocycles. The second kappa shape index (κ2) is 5.54. The van der Waals surface area contributed by atoms with Crippen molar-refractivity contribution < 1.29 is 0 Å². The Morgan fingerprint density at radius 2 is 2.16 bits per heavy atom. The van der Waals surface area contributed by atoms with Crippen molar-refractivity contribution in [3.8, 4) is 0 Å². The third-order valence-corrected chi connectivity index (χ3v) is 3.67. The van der Waals surface area contributed by atoms with Gasteiger partial charge in [-0.05, 0) is 32.8 Å². The van der Waals surface area contributed by atoms with Gasteiger partial charge in [0, 0.05) is 31.7 Å². The van der Waals surface area contributed by atoms with Crippen molar-refractivity contribution in [3.05, 3.63) is 35.2 Å². The number of hydrogen-bond donors (Lipinski definition) is 2. The first-order valence-corrected chi connectivity index (χ1v) is 6.54. The first-order chi connectivity index (χ1) is 9.08. The number of nitrogens with zero attached hydrogens (tertiary/aromatic N) is 4. The summed E-state index contributed by atoms with van der Waals surface area (Å²) >= 11 is 0. The quantitative estimate of drug-likeness (QED) is 0.623. The number of nitrogens with one attached hydrogen (secondary N) is 1. The van der Waals surface area contributed by atoms with Gasteiger partial charge in [0.15, 0.2) is 0 Å². The van der Waals surface area contributed by atoms with Crippen LogP contribution in [0.3, 0.4) is 0 Å². The maximum Gasteiger partial charge on any atom is 0.127 e. The van der Waals surface area contributed by atoms with Crippen LogP contribution >= 0.6 is 0 Å². The Balaban J connectivity index is 2.29. The molecular formula is C13H22N6. The average molecular weight is 262 g/mol. The summed E-state index contributed by atoms with van der Waals surface area (Å²) < 4.78 is 4.01. The van der Waals surface area contributed by atoms with E-state index in [1.807, 2.05) is 31.0 Å². The van der Waals surface area contributed by atoms with Crippen LogP contribution in [0.2, 0.25) is 0 Å². The molecule has 0 aromatic carbocycles. The number of imidazole rings is 1. The van der Waals surface area contributed by atoms with Crippen LogP contribution in [-0.2, 0) is 20.0 Å². The highest BCUT2D eigenvalue weighted by Crippen LogP contribution is 2.21. The number of rotatable bonds is 5. The van der Waals surface area contributed by atoms with Gasteiger partial charge in [-0.15, -0.1) is 0 Å². The van der Waals surface area contributed by atoms with E-state index in [0.29, 0.717) is 0 Å². The van der Waals surface area contributed by atoms with Gasteiger partial charge in [-0.3, -0.25) is 10.5 Å². The summed E-state index contributed by atoms with van der Waals surface area (Å²) in [4.78, 5) is 4.41. The van der Waals surface area contributed by atoms with Gasteiger partial charge >= 0.3 is 0 Å². The normalized spacial score (nSPS) is 12.9. The van der Waals surface area contributed by atoms with Crippen molar-refractivity contribution in [2.24, 2.45) is 12.9 Å². The zero-order chi connectivity index (χ0) is 14.0. The number of nitrogens with two attached hydrogens (primary N) is 1. The molecule has 6 heteroatoms. The molecule has 0 aliphatic carbocycles. The Morgan fingerprint density at radius 1 is 1.42 bits per heavy atom. The minimum Gasteiger partial charge on any atom is -0.334 e. The van der Waals surface area contributed by atoms with Crippen LogP contribution < -0.4 is 11.3 Å². The fraction of sp³-hybridized carbons (Fsp3) is 0.538. The Morgan fingerprint density at radius 3 is 2.68 bits per heavy atom. The lowest BCUT2D eigenvalue weighted by Gasteiger charge is -2.17. The van der Waals surface area contributed by atoms with Crippen molar-refractivity contribution in [3.63, 3.8) is 0 Å². The molecule has 2 heterocycles. The van der Waals surface area contributed by atoms with Gasteiger partial charge in [0.1, 0.15) is 5.82 Å². The molecule has 1 atom stereocenters. The van der Waals surface area contributed by atoms with E-state index in [1.165, 1.54) is 11.3 Å². The highest BCUT2D eigenvalue weighted by molar-refractivity contribution is 5.26. The minimum absolute atomic E-state index is 0.00319. The molecule has 0 saturated heterocycles. The summed E-state index contributed by atoms with van der Waals surface area (Å²) in [5.41, 5.74) is 6.33. The molecule has 0 spiro atoms. The van der Waals surface area contributed by atoms with E-state index in [2.05, 4.69) is 33.9 Å². The van der Waals surface area contributed by atoms with Crippen LogP contribution in [0.15, 0.2) is 12.4 Å². The topological polar surface area (TPSA) is 73.7 Å². The van der Waals surface area contributed by atoms with Gasteiger partial charge < -0.3 is 4.57 Å². The third-order valence-electron chi connectivity index (χ3n) is 3.67. The van der Waals surface area contributed by atoms with E-state index in [9.17, 15) is 0 Å². The Hall–Kier alpha value is -1.66. The first kappa shape index (κ1) is 13.8. The number of aromatic nitrogens is 4. The number of hydrazine groups is 1. The monoisotopic (exact) mass is 262 g/mol. The highest BCUT2D eigenvalue weighted by atomic mass is 15.3. The largest absolute Gasteiger partial charge is 0.334 e. The summed E-state index contributed by atoms with van der Waals surface area (Å²) in [6, 6.07) is -0.00319. The van der Waals surface area contributed by atoms with Crippen molar-refractivity contribution in [2.45, 2.75) is 39.8 Å². The number of hydrogen-bond acceptors (Lipinski definition) is 4. The van der Waals surface area contributed by atoms with E-state index < -0.39 is 0 Å². The van der Waals surface area contributed by atoms with Crippen LogP contribution in [0.5, 0.6) is 0 Å². The lowest BCUT2D eigenvalue weighted by molar-refractivity contribution is 0.494. The molecule has 2 aromatic rings. The summed E-state index contributed by atoms with van der Waals surface area (Å²) in [7, 11) is 1.96. The van der Waals surface area contributed by atoms with Crippen molar-refractivity contribution in [2.75, 3.05) is 0 Å². The molecule has 6 nitrogen and oxygen atoms in total. The molecule has 2 rings (SSSR count). The molecule has 0 aliphatic heterocycles. The number of aryl methyl sites for hydroxylation is 3. The zero-order valence-corrected chi connectivity index (χ0v) is 12.0. The van der Waals surface area contributed by atoms with E-state index in [-0.39, 0.29) is 6.04 Å². The molecule has 2 aromatic heterocycles. The fourth-order valence-electron chi connectivity index (χ4n) is 2.44. The van der Waals surface area contributed by atoms with E-state index >= 15 is 0 Å². The molecule has 104 valence electrons. The second-order valence-corrected chi connectivity index (χ2v) is 4.77. The lowest BCUT2D eigenvalue weighted by atomic mass is 10.0. The predicted molar refractivity (Wildman–Crippen MR) is 74.4 cm³/mol. The fourth-order valence-corrected chi connectivity index (χ4v) is 2.44. The predicted octanol–water partition coefficient (Wildman–Crippen LogP) is 1.00. The van der Waals surface area contributed by atoms with Gasteiger partial charge in [-0.25, -0.2) is 10.4 Å². The van der Waals surface area contributed by atoms with Crippen LogP contribution in [0.25, 0.3) is 0 Å². The highest BCUT2D eigenvalue weighted by Gasteiger charge is 2.19. The molecule has 0 aliphatic rings. The Bertz CT molecular complexity index is 553.